The van der Waals surface area contributed by atoms with Crippen LogP contribution in [-0.2, 0) is 13.1 Å². The first-order chi connectivity index (χ1) is 10.1. The van der Waals surface area contributed by atoms with Crippen LogP contribution in [0.15, 0.2) is 47.4 Å². The fraction of sp³-hybridized carbons (Fsp3) is 0.294. The van der Waals surface area contributed by atoms with E-state index in [-0.39, 0.29) is 0 Å². The molecule has 0 amide bonds. The van der Waals surface area contributed by atoms with Crippen molar-refractivity contribution >= 4 is 17.4 Å². The Morgan fingerprint density at radius 1 is 1.10 bits per heavy atom. The van der Waals surface area contributed by atoms with E-state index in [0.29, 0.717) is 0 Å². The first kappa shape index (κ1) is 15.7. The van der Waals surface area contributed by atoms with Gasteiger partial charge in [0.05, 0.1) is 7.11 Å². The van der Waals surface area contributed by atoms with E-state index in [0.717, 1.165) is 24.5 Å². The molecule has 21 heavy (non-hydrogen) atoms. The van der Waals surface area contributed by atoms with Crippen LogP contribution in [0.1, 0.15) is 11.1 Å². The number of methoxy groups -OCH3 is 1. The van der Waals surface area contributed by atoms with E-state index in [1.165, 1.54) is 16.0 Å². The second-order valence-electron chi connectivity index (χ2n) is 5.11. The molecule has 2 aromatic carbocycles. The highest BCUT2D eigenvalue weighted by Crippen LogP contribution is 2.28. The monoisotopic (exact) mass is 302 g/mol. The summed E-state index contributed by atoms with van der Waals surface area (Å²) >= 11 is 1.70. The van der Waals surface area contributed by atoms with Crippen LogP contribution in [0.25, 0.3) is 0 Å². The summed E-state index contributed by atoms with van der Waals surface area (Å²) in [5, 5.41) is 0. The molecule has 2 aromatic rings. The molecule has 2 rings (SSSR count). The minimum absolute atomic E-state index is 0.812. The summed E-state index contributed by atoms with van der Waals surface area (Å²) in [5.74, 6) is 0.942. The van der Waals surface area contributed by atoms with Crippen molar-refractivity contribution in [3.05, 3.63) is 53.6 Å². The van der Waals surface area contributed by atoms with Gasteiger partial charge < -0.3 is 10.5 Å². The zero-order valence-corrected chi connectivity index (χ0v) is 13.6. The van der Waals surface area contributed by atoms with E-state index >= 15 is 0 Å². The van der Waals surface area contributed by atoms with Crippen molar-refractivity contribution in [2.24, 2.45) is 0 Å². The first-order valence-electron chi connectivity index (χ1n) is 6.86. The maximum Gasteiger partial charge on any atom is 0.132 e. The number of benzene rings is 2. The predicted octanol–water partition coefficient (Wildman–Crippen LogP) is 3.63. The van der Waals surface area contributed by atoms with Gasteiger partial charge in [0.1, 0.15) is 5.75 Å². The molecule has 0 aliphatic carbocycles. The van der Waals surface area contributed by atoms with E-state index in [1.54, 1.807) is 18.9 Å². The molecule has 0 atom stereocenters. The molecule has 0 fully saturated rings. The SMILES string of the molecule is COc1cc(CN(C)Cc2cccc(N)c2)ccc1SC. The average Bonchev–Trinajstić information content (AvgIpc) is 2.47. The van der Waals surface area contributed by atoms with Crippen molar-refractivity contribution in [1.82, 2.24) is 4.90 Å². The van der Waals surface area contributed by atoms with Crippen molar-refractivity contribution in [3.8, 4) is 5.75 Å². The Hall–Kier alpha value is -1.65. The Balaban J connectivity index is 2.04. The standard InChI is InChI=1S/C17H22N2OS/c1-19(11-13-5-4-6-15(18)9-13)12-14-7-8-17(21-3)16(10-14)20-2/h4-10H,11-12,18H2,1-3H3. The molecular weight excluding hydrogens is 280 g/mol. The summed E-state index contributed by atoms with van der Waals surface area (Å²) in [4.78, 5) is 3.43. The molecule has 3 nitrogen and oxygen atoms in total. The molecule has 0 saturated carbocycles. The lowest BCUT2D eigenvalue weighted by Gasteiger charge is -2.18. The third kappa shape index (κ3) is 4.41. The molecule has 0 aliphatic rings. The number of nitrogens with two attached hydrogens (primary N) is 1. The zero-order chi connectivity index (χ0) is 15.2. The maximum atomic E-state index is 5.82. The van der Waals surface area contributed by atoms with Crippen LogP contribution < -0.4 is 10.5 Å². The van der Waals surface area contributed by atoms with Crippen molar-refractivity contribution in [2.45, 2.75) is 18.0 Å². The molecule has 2 N–H and O–H groups in total. The van der Waals surface area contributed by atoms with Crippen LogP contribution in [0, 0.1) is 0 Å². The summed E-state index contributed by atoms with van der Waals surface area (Å²) in [6, 6.07) is 14.4. The van der Waals surface area contributed by atoms with Crippen molar-refractivity contribution in [3.63, 3.8) is 0 Å². The molecule has 0 spiro atoms. The highest BCUT2D eigenvalue weighted by Gasteiger charge is 2.06. The topological polar surface area (TPSA) is 38.5 Å². The summed E-state index contributed by atoms with van der Waals surface area (Å²) in [6.07, 6.45) is 2.06. The second kappa shape index (κ2) is 7.38. The quantitative estimate of drug-likeness (QED) is 0.653. The van der Waals surface area contributed by atoms with Gasteiger partial charge in [-0.15, -0.1) is 11.8 Å². The Morgan fingerprint density at radius 2 is 1.81 bits per heavy atom. The van der Waals surface area contributed by atoms with Gasteiger partial charge in [-0.3, -0.25) is 4.90 Å². The normalized spacial score (nSPS) is 10.9. The smallest absolute Gasteiger partial charge is 0.132 e. The molecule has 0 radical (unpaired) electrons. The summed E-state index contributed by atoms with van der Waals surface area (Å²) in [5.41, 5.74) is 9.10. The number of nitrogens with zero attached hydrogens (tertiary/aromatic N) is 1. The number of nitrogen functional groups attached to an aromatic ring is 1. The molecule has 0 aliphatic heterocycles. The second-order valence-corrected chi connectivity index (χ2v) is 5.95. The molecule has 4 heteroatoms. The third-order valence-corrected chi connectivity index (χ3v) is 4.08. The molecule has 0 bridgehead atoms. The van der Waals surface area contributed by atoms with Gasteiger partial charge >= 0.3 is 0 Å². The summed E-state index contributed by atoms with van der Waals surface area (Å²) in [7, 11) is 3.83. The lowest BCUT2D eigenvalue weighted by atomic mass is 10.1. The van der Waals surface area contributed by atoms with Gasteiger partial charge in [0.2, 0.25) is 0 Å². The lowest BCUT2D eigenvalue weighted by Crippen LogP contribution is -2.17. The van der Waals surface area contributed by atoms with Gasteiger partial charge in [-0.05, 0) is 48.7 Å². The Kier molecular flexibility index (Phi) is 5.53. The maximum absolute atomic E-state index is 5.82. The van der Waals surface area contributed by atoms with Crippen molar-refractivity contribution < 1.29 is 4.74 Å². The summed E-state index contributed by atoms with van der Waals surface area (Å²) < 4.78 is 5.44. The fourth-order valence-corrected chi connectivity index (χ4v) is 2.90. The van der Waals surface area contributed by atoms with Crippen LogP contribution in [0.3, 0.4) is 0 Å². The Labute approximate surface area is 131 Å². The zero-order valence-electron chi connectivity index (χ0n) is 12.8. The fourth-order valence-electron chi connectivity index (χ4n) is 2.35. The minimum Gasteiger partial charge on any atom is -0.496 e. The Bertz CT molecular complexity index is 601. The highest BCUT2D eigenvalue weighted by molar-refractivity contribution is 7.98. The third-order valence-electron chi connectivity index (χ3n) is 3.30. The minimum atomic E-state index is 0.812. The van der Waals surface area contributed by atoms with Crippen LogP contribution >= 0.6 is 11.8 Å². The number of rotatable bonds is 6. The average molecular weight is 302 g/mol. The van der Waals surface area contributed by atoms with E-state index in [4.69, 9.17) is 10.5 Å². The number of thioether (sulfide) groups is 1. The molecule has 0 saturated heterocycles. The van der Waals surface area contributed by atoms with Crippen LogP contribution in [0.2, 0.25) is 0 Å². The van der Waals surface area contributed by atoms with Crippen LogP contribution in [0.5, 0.6) is 5.75 Å². The van der Waals surface area contributed by atoms with Gasteiger partial charge in [-0.25, -0.2) is 0 Å². The van der Waals surface area contributed by atoms with Gasteiger partial charge in [-0.2, -0.15) is 0 Å². The van der Waals surface area contributed by atoms with Crippen LogP contribution in [0.4, 0.5) is 5.69 Å². The van der Waals surface area contributed by atoms with E-state index in [9.17, 15) is 0 Å². The number of ether oxygens (including phenoxy) is 1. The number of anilines is 1. The van der Waals surface area contributed by atoms with Crippen molar-refractivity contribution in [1.29, 1.82) is 0 Å². The molecule has 0 heterocycles. The Morgan fingerprint density at radius 3 is 2.43 bits per heavy atom. The first-order valence-corrected chi connectivity index (χ1v) is 8.08. The van der Waals surface area contributed by atoms with E-state index < -0.39 is 0 Å². The molecule has 0 aromatic heterocycles. The van der Waals surface area contributed by atoms with Crippen molar-refractivity contribution in [2.75, 3.05) is 26.1 Å². The highest BCUT2D eigenvalue weighted by atomic mass is 32.2. The summed E-state index contributed by atoms with van der Waals surface area (Å²) in [6.45, 7) is 1.75. The van der Waals surface area contributed by atoms with Gasteiger partial charge in [-0.1, -0.05) is 18.2 Å². The van der Waals surface area contributed by atoms with E-state index in [2.05, 4.69) is 42.5 Å². The van der Waals surface area contributed by atoms with E-state index in [1.807, 2.05) is 18.2 Å². The predicted molar refractivity (Wildman–Crippen MR) is 90.8 cm³/mol. The lowest BCUT2D eigenvalue weighted by molar-refractivity contribution is 0.318. The van der Waals surface area contributed by atoms with Gasteiger partial charge in [0.25, 0.3) is 0 Å². The molecule has 112 valence electrons. The van der Waals surface area contributed by atoms with Crippen LogP contribution in [-0.4, -0.2) is 25.3 Å². The van der Waals surface area contributed by atoms with Gasteiger partial charge in [0.15, 0.2) is 0 Å². The molecule has 0 unspecified atom stereocenters. The number of hydrogen-bond acceptors (Lipinski definition) is 4. The largest absolute Gasteiger partial charge is 0.496 e. The molecular formula is C17H22N2OS. The van der Waals surface area contributed by atoms with Gasteiger partial charge in [0, 0.05) is 23.7 Å². The number of hydrogen-bond donors (Lipinski definition) is 1.